The van der Waals surface area contributed by atoms with Crippen LogP contribution >= 0.6 is 0 Å². The van der Waals surface area contributed by atoms with Gasteiger partial charge in [0.15, 0.2) is 0 Å². The molecule has 1 N–H and O–H groups in total. The van der Waals surface area contributed by atoms with Gasteiger partial charge in [0, 0.05) is 25.0 Å². The van der Waals surface area contributed by atoms with E-state index < -0.39 is 0 Å². The molecule has 1 heterocycles. The second-order valence-electron chi connectivity index (χ2n) is 6.39. The summed E-state index contributed by atoms with van der Waals surface area (Å²) in [4.78, 5) is 11.7. The number of hydrogen-bond donors (Lipinski definition) is 1. The fourth-order valence-electron chi connectivity index (χ4n) is 2.22. The summed E-state index contributed by atoms with van der Waals surface area (Å²) in [6, 6.07) is 0.446. The maximum atomic E-state index is 4.76. The monoisotopic (exact) mass is 278 g/mol. The fourth-order valence-corrected chi connectivity index (χ4v) is 2.22. The van der Waals surface area contributed by atoms with Gasteiger partial charge in [-0.05, 0) is 26.8 Å². The van der Waals surface area contributed by atoms with Crippen LogP contribution in [0.25, 0.3) is 0 Å². The Kier molecular flexibility index (Phi) is 6.40. The van der Waals surface area contributed by atoms with Gasteiger partial charge in [0.2, 0.25) is 0 Å². The van der Waals surface area contributed by atoms with Gasteiger partial charge >= 0.3 is 0 Å². The Morgan fingerprint density at radius 2 is 1.80 bits per heavy atom. The summed E-state index contributed by atoms with van der Waals surface area (Å²) in [5.41, 5.74) is 2.26. The van der Waals surface area contributed by atoms with Gasteiger partial charge in [-0.15, -0.1) is 0 Å². The minimum atomic E-state index is 0.359. The molecule has 0 radical (unpaired) electrons. The third kappa shape index (κ3) is 4.44. The molecule has 0 fully saturated rings. The molecule has 4 heteroatoms. The van der Waals surface area contributed by atoms with E-state index >= 15 is 0 Å². The lowest BCUT2D eigenvalue weighted by atomic mass is 10.1. The summed E-state index contributed by atoms with van der Waals surface area (Å²) in [5.74, 6) is 1.90. The van der Waals surface area contributed by atoms with Crippen LogP contribution in [0.1, 0.15) is 59.0 Å². The van der Waals surface area contributed by atoms with Crippen molar-refractivity contribution < 1.29 is 0 Å². The van der Waals surface area contributed by atoms with Crippen molar-refractivity contribution in [2.45, 2.75) is 60.0 Å². The second kappa shape index (κ2) is 7.58. The van der Waals surface area contributed by atoms with Crippen molar-refractivity contribution in [3.8, 4) is 0 Å². The fraction of sp³-hybridized carbons (Fsp3) is 0.750. The maximum absolute atomic E-state index is 4.76. The van der Waals surface area contributed by atoms with Crippen LogP contribution in [-0.2, 0) is 6.54 Å². The van der Waals surface area contributed by atoms with Crippen molar-refractivity contribution in [1.29, 1.82) is 0 Å². The van der Waals surface area contributed by atoms with Gasteiger partial charge in [-0.2, -0.15) is 0 Å². The first-order chi connectivity index (χ1) is 9.36. The molecule has 0 bridgehead atoms. The zero-order valence-electron chi connectivity index (χ0n) is 14.1. The number of nitrogens with one attached hydrogen (secondary N) is 1. The molecule has 0 unspecified atom stereocenters. The molecule has 114 valence electrons. The van der Waals surface area contributed by atoms with Crippen molar-refractivity contribution in [3.05, 3.63) is 17.7 Å². The lowest BCUT2D eigenvalue weighted by Crippen LogP contribution is -2.35. The molecule has 0 aliphatic heterocycles. The third-order valence-corrected chi connectivity index (χ3v) is 3.22. The zero-order valence-corrected chi connectivity index (χ0v) is 14.1. The quantitative estimate of drug-likeness (QED) is 0.831. The van der Waals surface area contributed by atoms with Crippen molar-refractivity contribution in [1.82, 2.24) is 15.3 Å². The average Bonchev–Trinajstić information content (AvgIpc) is 2.36. The highest BCUT2D eigenvalue weighted by atomic mass is 15.2. The van der Waals surface area contributed by atoms with Gasteiger partial charge in [0.05, 0.1) is 17.6 Å². The van der Waals surface area contributed by atoms with Crippen LogP contribution in [0.2, 0.25) is 0 Å². The third-order valence-electron chi connectivity index (χ3n) is 3.22. The Labute approximate surface area is 124 Å². The summed E-state index contributed by atoms with van der Waals surface area (Å²) in [5, 5.41) is 3.22. The van der Waals surface area contributed by atoms with Crippen LogP contribution in [-0.4, -0.2) is 29.6 Å². The predicted octanol–water partition coefficient (Wildman–Crippen LogP) is 3.19. The molecular weight excluding hydrogens is 248 g/mol. The predicted molar refractivity (Wildman–Crippen MR) is 86.2 cm³/mol. The smallest absolute Gasteiger partial charge is 0.131 e. The first-order valence-corrected chi connectivity index (χ1v) is 7.63. The normalized spacial score (nSPS) is 11.7. The Bertz CT molecular complexity index is 413. The SMILES string of the molecule is CNCc1nc(C(C)C)ncc1N(CC(C)C)C(C)C. The minimum Gasteiger partial charge on any atom is -0.366 e. The van der Waals surface area contributed by atoms with E-state index in [1.807, 2.05) is 13.2 Å². The first-order valence-electron chi connectivity index (χ1n) is 7.63. The summed E-state index contributed by atoms with van der Waals surface area (Å²) < 4.78 is 0. The van der Waals surface area contributed by atoms with Crippen LogP contribution < -0.4 is 10.2 Å². The van der Waals surface area contributed by atoms with Gasteiger partial charge in [-0.1, -0.05) is 27.7 Å². The number of nitrogens with zero attached hydrogens (tertiary/aromatic N) is 3. The summed E-state index contributed by atoms with van der Waals surface area (Å²) in [6.45, 7) is 15.0. The maximum Gasteiger partial charge on any atom is 0.131 e. The minimum absolute atomic E-state index is 0.359. The topological polar surface area (TPSA) is 41.1 Å². The van der Waals surface area contributed by atoms with Crippen LogP contribution in [0, 0.1) is 5.92 Å². The highest BCUT2D eigenvalue weighted by Gasteiger charge is 2.18. The van der Waals surface area contributed by atoms with E-state index in [0.29, 0.717) is 17.9 Å². The molecular formula is C16H30N4. The number of aromatic nitrogens is 2. The molecule has 0 amide bonds. The first kappa shape index (κ1) is 16.9. The van der Waals surface area contributed by atoms with Gasteiger partial charge in [-0.3, -0.25) is 0 Å². The second-order valence-corrected chi connectivity index (χ2v) is 6.39. The standard InChI is InChI=1S/C16H30N4/c1-11(2)10-20(13(5)6)15-9-18-16(12(3)4)19-14(15)8-17-7/h9,11-13,17H,8,10H2,1-7H3. The molecule has 1 aromatic heterocycles. The van der Waals surface area contributed by atoms with Gasteiger partial charge < -0.3 is 10.2 Å². The molecule has 0 saturated carbocycles. The molecule has 0 aliphatic rings. The number of anilines is 1. The lowest BCUT2D eigenvalue weighted by Gasteiger charge is -2.32. The van der Waals surface area contributed by atoms with E-state index in [9.17, 15) is 0 Å². The van der Waals surface area contributed by atoms with Crippen LogP contribution in [0.3, 0.4) is 0 Å². The van der Waals surface area contributed by atoms with E-state index in [1.54, 1.807) is 0 Å². The van der Waals surface area contributed by atoms with Gasteiger partial charge in [-0.25, -0.2) is 9.97 Å². The Morgan fingerprint density at radius 3 is 2.25 bits per heavy atom. The number of hydrogen-bond acceptors (Lipinski definition) is 4. The largest absolute Gasteiger partial charge is 0.366 e. The summed E-state index contributed by atoms with van der Waals surface area (Å²) in [7, 11) is 1.96. The lowest BCUT2D eigenvalue weighted by molar-refractivity contribution is 0.564. The van der Waals surface area contributed by atoms with E-state index in [0.717, 1.165) is 30.3 Å². The van der Waals surface area contributed by atoms with E-state index in [2.05, 4.69) is 56.7 Å². The van der Waals surface area contributed by atoms with Crippen molar-refractivity contribution in [2.75, 3.05) is 18.5 Å². The Hall–Kier alpha value is -1.16. The molecule has 1 aromatic rings. The summed E-state index contributed by atoms with van der Waals surface area (Å²) in [6.07, 6.45) is 2.00. The number of rotatable bonds is 7. The molecule has 4 nitrogen and oxygen atoms in total. The van der Waals surface area contributed by atoms with Crippen molar-refractivity contribution in [3.63, 3.8) is 0 Å². The Balaban J connectivity index is 3.18. The Morgan fingerprint density at radius 1 is 1.15 bits per heavy atom. The highest BCUT2D eigenvalue weighted by molar-refractivity contribution is 5.50. The van der Waals surface area contributed by atoms with Gasteiger partial charge in [0.1, 0.15) is 5.82 Å². The highest BCUT2D eigenvalue weighted by Crippen LogP contribution is 2.23. The van der Waals surface area contributed by atoms with Crippen molar-refractivity contribution >= 4 is 5.69 Å². The average molecular weight is 278 g/mol. The molecule has 0 atom stereocenters. The van der Waals surface area contributed by atoms with Crippen LogP contribution in [0.15, 0.2) is 6.20 Å². The van der Waals surface area contributed by atoms with E-state index in [4.69, 9.17) is 4.98 Å². The molecule has 0 saturated heterocycles. The van der Waals surface area contributed by atoms with E-state index in [-0.39, 0.29) is 0 Å². The van der Waals surface area contributed by atoms with Crippen LogP contribution in [0.5, 0.6) is 0 Å². The van der Waals surface area contributed by atoms with Gasteiger partial charge in [0.25, 0.3) is 0 Å². The molecule has 0 aromatic carbocycles. The van der Waals surface area contributed by atoms with E-state index in [1.165, 1.54) is 0 Å². The molecule has 0 aliphatic carbocycles. The zero-order chi connectivity index (χ0) is 15.3. The molecule has 0 spiro atoms. The summed E-state index contributed by atoms with van der Waals surface area (Å²) >= 11 is 0. The molecule has 1 rings (SSSR count). The van der Waals surface area contributed by atoms with Crippen molar-refractivity contribution in [2.24, 2.45) is 5.92 Å². The molecule has 20 heavy (non-hydrogen) atoms. The van der Waals surface area contributed by atoms with Crippen LogP contribution in [0.4, 0.5) is 5.69 Å².